The number of aromatic hydroxyl groups is 2. The highest BCUT2D eigenvalue weighted by Gasteiger charge is 2.24. The van der Waals surface area contributed by atoms with Crippen LogP contribution in [0.3, 0.4) is 0 Å². The number of carbonyl (C=O) groups is 1. The fourth-order valence-electron chi connectivity index (χ4n) is 3.60. The minimum atomic E-state index is -1.09. The number of carboxylic acid groups (broad SMARTS) is 1. The summed E-state index contributed by atoms with van der Waals surface area (Å²) in [5, 5.41) is 32.9. The molecule has 0 aliphatic heterocycles. The number of aryl methyl sites for hydroxylation is 1. The van der Waals surface area contributed by atoms with Crippen molar-refractivity contribution in [3.63, 3.8) is 0 Å². The summed E-state index contributed by atoms with van der Waals surface area (Å²) in [5.74, 6) is -1.14. The molecule has 4 nitrogen and oxygen atoms in total. The second kappa shape index (κ2) is 6.74. The lowest BCUT2D eigenvalue weighted by atomic mass is 9.87. The van der Waals surface area contributed by atoms with E-state index in [0.717, 1.165) is 5.56 Å². The van der Waals surface area contributed by atoms with Gasteiger partial charge in [-0.1, -0.05) is 72.3 Å². The average Bonchev–Trinajstić information content (AvgIpc) is 2.71. The minimum Gasteiger partial charge on any atom is -0.507 e. The van der Waals surface area contributed by atoms with E-state index in [2.05, 4.69) is 0 Å². The lowest BCUT2D eigenvalue weighted by molar-refractivity contribution is 0.0697. The molecule has 4 rings (SSSR count). The Balaban J connectivity index is 2.21. The van der Waals surface area contributed by atoms with Gasteiger partial charge in [0.2, 0.25) is 0 Å². The van der Waals surface area contributed by atoms with Crippen LogP contribution in [0.15, 0.2) is 72.8 Å². The van der Waals surface area contributed by atoms with E-state index in [9.17, 15) is 20.1 Å². The molecule has 0 bridgehead atoms. The fraction of sp³-hybridized carbons (Fsp3) is 0.0417. The predicted molar refractivity (Wildman–Crippen MR) is 110 cm³/mol. The highest BCUT2D eigenvalue weighted by atomic mass is 16.4. The van der Waals surface area contributed by atoms with E-state index in [0.29, 0.717) is 33.0 Å². The van der Waals surface area contributed by atoms with E-state index in [4.69, 9.17) is 0 Å². The van der Waals surface area contributed by atoms with Crippen molar-refractivity contribution < 1.29 is 20.1 Å². The zero-order valence-electron chi connectivity index (χ0n) is 15.2. The van der Waals surface area contributed by atoms with E-state index in [1.807, 2.05) is 37.3 Å². The quantitative estimate of drug-likeness (QED) is 0.411. The summed E-state index contributed by atoms with van der Waals surface area (Å²) in [6.07, 6.45) is 0. The second-order valence-corrected chi connectivity index (χ2v) is 6.71. The molecule has 4 heteroatoms. The number of phenolic OH excluding ortho intramolecular Hbond substituents is 2. The molecule has 0 aliphatic carbocycles. The highest BCUT2D eigenvalue weighted by Crippen LogP contribution is 2.50. The molecule has 0 amide bonds. The largest absolute Gasteiger partial charge is 0.507 e. The number of benzene rings is 4. The van der Waals surface area contributed by atoms with Crippen molar-refractivity contribution in [1.82, 2.24) is 0 Å². The number of hydrogen-bond donors (Lipinski definition) is 3. The summed E-state index contributed by atoms with van der Waals surface area (Å²) in [5.41, 5.74) is 2.63. The molecule has 28 heavy (non-hydrogen) atoms. The van der Waals surface area contributed by atoms with E-state index in [1.165, 1.54) is 0 Å². The molecular weight excluding hydrogens is 352 g/mol. The van der Waals surface area contributed by atoms with Crippen LogP contribution in [0.1, 0.15) is 15.9 Å². The number of rotatable bonds is 3. The third kappa shape index (κ3) is 2.76. The zero-order chi connectivity index (χ0) is 19.8. The molecule has 0 aliphatic rings. The lowest BCUT2D eigenvalue weighted by Crippen LogP contribution is -2.01. The van der Waals surface area contributed by atoms with Crippen molar-refractivity contribution in [1.29, 1.82) is 0 Å². The molecule has 0 fully saturated rings. The van der Waals surface area contributed by atoms with Crippen molar-refractivity contribution in [2.75, 3.05) is 0 Å². The van der Waals surface area contributed by atoms with E-state index in [-0.39, 0.29) is 17.1 Å². The molecule has 4 aromatic rings. The summed E-state index contributed by atoms with van der Waals surface area (Å²) in [6.45, 7) is 1.81. The van der Waals surface area contributed by atoms with Gasteiger partial charge < -0.3 is 15.3 Å². The number of carboxylic acids is 1. The van der Waals surface area contributed by atoms with Gasteiger partial charge in [0.05, 0.1) is 5.56 Å². The van der Waals surface area contributed by atoms with Crippen LogP contribution in [0.25, 0.3) is 33.0 Å². The molecular formula is C24H18O4. The summed E-state index contributed by atoms with van der Waals surface area (Å²) in [4.78, 5) is 11.9. The summed E-state index contributed by atoms with van der Waals surface area (Å²) in [7, 11) is 0. The van der Waals surface area contributed by atoms with E-state index in [1.54, 1.807) is 42.5 Å². The third-order valence-electron chi connectivity index (χ3n) is 4.90. The Morgan fingerprint density at radius 1 is 0.750 bits per heavy atom. The predicted octanol–water partition coefficient (Wildman–Crippen LogP) is 5.59. The van der Waals surface area contributed by atoms with Gasteiger partial charge in [-0.25, -0.2) is 4.79 Å². The van der Waals surface area contributed by atoms with Crippen molar-refractivity contribution in [3.8, 4) is 33.8 Å². The summed E-state index contributed by atoms with van der Waals surface area (Å²) < 4.78 is 0. The maximum atomic E-state index is 11.9. The smallest absolute Gasteiger partial charge is 0.336 e. The van der Waals surface area contributed by atoms with Gasteiger partial charge in [-0.3, -0.25) is 0 Å². The van der Waals surface area contributed by atoms with Crippen LogP contribution in [0.5, 0.6) is 11.5 Å². The first-order valence-corrected chi connectivity index (χ1v) is 8.85. The standard InChI is InChI=1S/C24H18O4/c1-14-11-12-16(19(13-14)24(27)28)21-20(15-7-3-2-4-8-15)22(25)17-9-5-6-10-18(17)23(21)26/h2-13,25-26H,1H3,(H,27,28). The molecule has 0 atom stereocenters. The van der Waals surface area contributed by atoms with Gasteiger partial charge in [0.1, 0.15) is 11.5 Å². The molecule has 0 saturated heterocycles. The van der Waals surface area contributed by atoms with Crippen LogP contribution in [0.4, 0.5) is 0 Å². The van der Waals surface area contributed by atoms with Gasteiger partial charge in [0.15, 0.2) is 0 Å². The third-order valence-corrected chi connectivity index (χ3v) is 4.90. The van der Waals surface area contributed by atoms with Crippen molar-refractivity contribution in [2.45, 2.75) is 6.92 Å². The molecule has 0 radical (unpaired) electrons. The van der Waals surface area contributed by atoms with Crippen molar-refractivity contribution in [2.24, 2.45) is 0 Å². The normalized spacial score (nSPS) is 10.9. The molecule has 0 aromatic heterocycles. The maximum Gasteiger partial charge on any atom is 0.336 e. The zero-order valence-corrected chi connectivity index (χ0v) is 15.2. The SMILES string of the molecule is Cc1ccc(-c2c(-c3ccccc3)c(O)c3ccccc3c2O)c(C(=O)O)c1. The second-order valence-electron chi connectivity index (χ2n) is 6.71. The van der Waals surface area contributed by atoms with Crippen LogP contribution in [-0.4, -0.2) is 21.3 Å². The van der Waals surface area contributed by atoms with Crippen LogP contribution >= 0.6 is 0 Å². The van der Waals surface area contributed by atoms with Crippen LogP contribution < -0.4 is 0 Å². The van der Waals surface area contributed by atoms with Gasteiger partial charge in [-0.2, -0.15) is 0 Å². The fourth-order valence-corrected chi connectivity index (χ4v) is 3.60. The van der Waals surface area contributed by atoms with Gasteiger partial charge >= 0.3 is 5.97 Å². The van der Waals surface area contributed by atoms with Crippen LogP contribution in [0.2, 0.25) is 0 Å². The van der Waals surface area contributed by atoms with Gasteiger partial charge in [0, 0.05) is 27.5 Å². The Morgan fingerprint density at radius 2 is 1.32 bits per heavy atom. The van der Waals surface area contributed by atoms with Gasteiger partial charge in [-0.05, 0) is 18.6 Å². The Hall–Kier alpha value is -3.79. The molecule has 0 unspecified atom stereocenters. The molecule has 0 spiro atoms. The molecule has 138 valence electrons. The number of aromatic carboxylic acids is 1. The van der Waals surface area contributed by atoms with Crippen LogP contribution in [0, 0.1) is 6.92 Å². The maximum absolute atomic E-state index is 11.9. The first kappa shape index (κ1) is 17.6. The lowest BCUT2D eigenvalue weighted by Gasteiger charge is -2.19. The molecule has 3 N–H and O–H groups in total. The Bertz CT molecular complexity index is 1210. The number of fused-ring (bicyclic) bond motifs is 1. The Kier molecular flexibility index (Phi) is 4.24. The van der Waals surface area contributed by atoms with Gasteiger partial charge in [-0.15, -0.1) is 0 Å². The van der Waals surface area contributed by atoms with Crippen molar-refractivity contribution in [3.05, 3.63) is 83.9 Å². The van der Waals surface area contributed by atoms with E-state index >= 15 is 0 Å². The molecule has 4 aromatic carbocycles. The summed E-state index contributed by atoms with van der Waals surface area (Å²) in [6, 6.07) is 21.2. The Labute approximate surface area is 162 Å². The topological polar surface area (TPSA) is 77.8 Å². The first-order chi connectivity index (χ1) is 13.5. The van der Waals surface area contributed by atoms with Gasteiger partial charge in [0.25, 0.3) is 0 Å². The minimum absolute atomic E-state index is 0.00603. The van der Waals surface area contributed by atoms with Crippen LogP contribution in [-0.2, 0) is 0 Å². The van der Waals surface area contributed by atoms with E-state index < -0.39 is 5.97 Å². The van der Waals surface area contributed by atoms with Crippen molar-refractivity contribution >= 4 is 16.7 Å². The number of phenols is 2. The summed E-state index contributed by atoms with van der Waals surface area (Å²) >= 11 is 0. The first-order valence-electron chi connectivity index (χ1n) is 8.85. The Morgan fingerprint density at radius 3 is 1.93 bits per heavy atom. The molecule has 0 heterocycles. The molecule has 0 saturated carbocycles. The average molecular weight is 370 g/mol. The monoisotopic (exact) mass is 370 g/mol. The highest BCUT2D eigenvalue weighted by molar-refractivity contribution is 6.10. The number of hydrogen-bond acceptors (Lipinski definition) is 3.